The summed E-state index contributed by atoms with van der Waals surface area (Å²) in [6, 6.07) is 9.85. The van der Waals surface area contributed by atoms with Crippen LogP contribution in [0.15, 0.2) is 56.1 Å². The zero-order chi connectivity index (χ0) is 18.4. The van der Waals surface area contributed by atoms with Gasteiger partial charge in [0.2, 0.25) is 5.76 Å². The quantitative estimate of drug-likeness (QED) is 0.709. The van der Waals surface area contributed by atoms with E-state index in [9.17, 15) is 19.1 Å². The zero-order valence-electron chi connectivity index (χ0n) is 13.4. The summed E-state index contributed by atoms with van der Waals surface area (Å²) in [6.07, 6.45) is 0. The highest BCUT2D eigenvalue weighted by atomic mass is 79.9. The number of aliphatic hydroxyl groups excluding tert-OH is 1. The molecule has 1 atom stereocenters. The molecule has 2 heterocycles. The molecule has 26 heavy (non-hydrogen) atoms. The van der Waals surface area contributed by atoms with Crippen LogP contribution in [-0.4, -0.2) is 29.1 Å². The van der Waals surface area contributed by atoms with Crippen LogP contribution in [0.1, 0.15) is 27.7 Å². The van der Waals surface area contributed by atoms with E-state index in [1.165, 1.54) is 29.2 Å². The molecule has 0 saturated heterocycles. The standard InChI is InChI=1S/C19H13BrFNO4/c20-11-3-6-14-13(9-11)17(24)15-16(10-1-4-12(21)5-2-10)22(7-8-23)19(25)18(15)26-14/h1-6,9,16,23H,7-8H2. The average Bonchev–Trinajstić information content (AvgIpc) is 2.90. The number of carbonyl (C=O) groups is 1. The Kier molecular flexibility index (Phi) is 4.13. The van der Waals surface area contributed by atoms with Crippen molar-refractivity contribution in [2.24, 2.45) is 0 Å². The Morgan fingerprint density at radius 2 is 1.88 bits per heavy atom. The summed E-state index contributed by atoms with van der Waals surface area (Å²) in [5, 5.41) is 9.71. The second-order valence-corrected chi connectivity index (χ2v) is 6.91. The molecule has 1 amide bonds. The van der Waals surface area contributed by atoms with Crippen molar-refractivity contribution < 1.29 is 18.7 Å². The Labute approximate surface area is 155 Å². The van der Waals surface area contributed by atoms with Gasteiger partial charge < -0.3 is 14.4 Å². The van der Waals surface area contributed by atoms with Gasteiger partial charge in [-0.05, 0) is 35.9 Å². The van der Waals surface area contributed by atoms with E-state index in [0.717, 1.165) is 0 Å². The van der Waals surface area contributed by atoms with Crippen LogP contribution in [0.4, 0.5) is 4.39 Å². The van der Waals surface area contributed by atoms with Crippen LogP contribution in [0.3, 0.4) is 0 Å². The van der Waals surface area contributed by atoms with Gasteiger partial charge in [-0.3, -0.25) is 9.59 Å². The molecule has 0 fully saturated rings. The molecule has 7 heteroatoms. The molecule has 4 rings (SSSR count). The van der Waals surface area contributed by atoms with E-state index in [1.54, 1.807) is 18.2 Å². The number of β-amino-alcohol motifs (C(OH)–C–C–N with tert-alkyl or cyclic N) is 1. The fourth-order valence-corrected chi connectivity index (χ4v) is 3.68. The van der Waals surface area contributed by atoms with Crippen LogP contribution in [0, 0.1) is 5.82 Å². The molecular formula is C19H13BrFNO4. The maximum Gasteiger partial charge on any atom is 0.290 e. The molecule has 0 saturated carbocycles. The number of amides is 1. The highest BCUT2D eigenvalue weighted by Gasteiger charge is 2.42. The first-order valence-corrected chi connectivity index (χ1v) is 8.74. The lowest BCUT2D eigenvalue weighted by Crippen LogP contribution is -2.32. The van der Waals surface area contributed by atoms with E-state index in [-0.39, 0.29) is 29.9 Å². The van der Waals surface area contributed by atoms with Gasteiger partial charge in [-0.25, -0.2) is 4.39 Å². The molecule has 1 N–H and O–H groups in total. The van der Waals surface area contributed by atoms with Crippen molar-refractivity contribution >= 4 is 32.8 Å². The summed E-state index contributed by atoms with van der Waals surface area (Å²) in [5.41, 5.74) is 0.786. The molecule has 1 aliphatic heterocycles. The third-order valence-electron chi connectivity index (χ3n) is 4.45. The third-order valence-corrected chi connectivity index (χ3v) is 4.95. The Morgan fingerprint density at radius 3 is 2.58 bits per heavy atom. The van der Waals surface area contributed by atoms with Crippen molar-refractivity contribution in [2.45, 2.75) is 6.04 Å². The summed E-state index contributed by atoms with van der Waals surface area (Å²) in [4.78, 5) is 27.3. The first kappa shape index (κ1) is 16.9. The summed E-state index contributed by atoms with van der Waals surface area (Å²) in [7, 11) is 0. The van der Waals surface area contributed by atoms with Gasteiger partial charge in [0.05, 0.1) is 23.6 Å². The number of carbonyl (C=O) groups excluding carboxylic acids is 1. The molecule has 2 aromatic carbocycles. The van der Waals surface area contributed by atoms with Gasteiger partial charge in [0.15, 0.2) is 5.43 Å². The van der Waals surface area contributed by atoms with Gasteiger partial charge in [0, 0.05) is 11.0 Å². The average molecular weight is 418 g/mol. The number of aliphatic hydroxyl groups is 1. The molecule has 132 valence electrons. The van der Waals surface area contributed by atoms with Crippen molar-refractivity contribution in [3.05, 3.63) is 79.9 Å². The number of hydrogen-bond acceptors (Lipinski definition) is 4. The van der Waals surface area contributed by atoms with Crippen LogP contribution < -0.4 is 5.43 Å². The van der Waals surface area contributed by atoms with Gasteiger partial charge in [0.1, 0.15) is 11.4 Å². The third kappa shape index (κ3) is 2.55. The Bertz CT molecular complexity index is 1080. The van der Waals surface area contributed by atoms with Gasteiger partial charge in [-0.2, -0.15) is 0 Å². The van der Waals surface area contributed by atoms with E-state index in [2.05, 4.69) is 15.9 Å². The Morgan fingerprint density at radius 1 is 1.15 bits per heavy atom. The Balaban J connectivity index is 2.01. The highest BCUT2D eigenvalue weighted by Crippen LogP contribution is 2.38. The molecule has 3 aromatic rings. The SMILES string of the molecule is O=C1c2oc3ccc(Br)cc3c(=O)c2C(c2ccc(F)cc2)N1CCO. The summed E-state index contributed by atoms with van der Waals surface area (Å²) in [6.45, 7) is -0.235. The monoisotopic (exact) mass is 417 g/mol. The summed E-state index contributed by atoms with van der Waals surface area (Å²) >= 11 is 3.33. The minimum atomic E-state index is -0.732. The predicted octanol–water partition coefficient (Wildman–Crippen LogP) is 3.23. The maximum atomic E-state index is 13.3. The summed E-state index contributed by atoms with van der Waals surface area (Å²) < 4.78 is 19.8. The lowest BCUT2D eigenvalue weighted by atomic mass is 9.98. The lowest BCUT2D eigenvalue weighted by molar-refractivity contribution is 0.0691. The summed E-state index contributed by atoms with van der Waals surface area (Å²) in [5.74, 6) is -0.917. The van der Waals surface area contributed by atoms with Crippen molar-refractivity contribution in [3.63, 3.8) is 0 Å². The molecule has 0 bridgehead atoms. The van der Waals surface area contributed by atoms with Crippen LogP contribution in [0.25, 0.3) is 11.0 Å². The normalized spacial score (nSPS) is 16.3. The molecule has 0 radical (unpaired) electrons. The van der Waals surface area contributed by atoms with Crippen LogP contribution in [0.5, 0.6) is 0 Å². The van der Waals surface area contributed by atoms with Crippen molar-refractivity contribution in [1.29, 1.82) is 0 Å². The second kappa shape index (κ2) is 6.34. The lowest BCUT2D eigenvalue weighted by Gasteiger charge is -2.24. The molecule has 1 aromatic heterocycles. The van der Waals surface area contributed by atoms with Crippen LogP contribution in [-0.2, 0) is 0 Å². The molecular weight excluding hydrogens is 405 g/mol. The van der Waals surface area contributed by atoms with Gasteiger partial charge in [0.25, 0.3) is 5.91 Å². The van der Waals surface area contributed by atoms with Crippen molar-refractivity contribution in [2.75, 3.05) is 13.2 Å². The Hall–Kier alpha value is -2.51. The number of rotatable bonds is 3. The number of halogens is 2. The fraction of sp³-hybridized carbons (Fsp3) is 0.158. The minimum Gasteiger partial charge on any atom is -0.450 e. The van der Waals surface area contributed by atoms with E-state index in [0.29, 0.717) is 21.0 Å². The predicted molar refractivity (Wildman–Crippen MR) is 96.5 cm³/mol. The number of fused-ring (bicyclic) bond motifs is 2. The van der Waals surface area contributed by atoms with Crippen LogP contribution in [0.2, 0.25) is 0 Å². The van der Waals surface area contributed by atoms with Crippen LogP contribution >= 0.6 is 15.9 Å². The van der Waals surface area contributed by atoms with Crippen molar-refractivity contribution in [3.8, 4) is 0 Å². The van der Waals surface area contributed by atoms with E-state index < -0.39 is 17.8 Å². The van der Waals surface area contributed by atoms with E-state index in [1.807, 2.05) is 0 Å². The number of nitrogens with zero attached hydrogens (tertiary/aromatic N) is 1. The van der Waals surface area contributed by atoms with E-state index >= 15 is 0 Å². The number of hydrogen-bond donors (Lipinski definition) is 1. The zero-order valence-corrected chi connectivity index (χ0v) is 15.0. The van der Waals surface area contributed by atoms with Crippen molar-refractivity contribution in [1.82, 2.24) is 4.90 Å². The molecule has 1 unspecified atom stereocenters. The molecule has 1 aliphatic rings. The van der Waals surface area contributed by atoms with Gasteiger partial charge in [-0.1, -0.05) is 28.1 Å². The first-order chi connectivity index (χ1) is 12.5. The second-order valence-electron chi connectivity index (χ2n) is 5.99. The first-order valence-electron chi connectivity index (χ1n) is 7.95. The maximum absolute atomic E-state index is 13.3. The largest absolute Gasteiger partial charge is 0.450 e. The highest BCUT2D eigenvalue weighted by molar-refractivity contribution is 9.10. The number of benzene rings is 2. The van der Waals surface area contributed by atoms with E-state index in [4.69, 9.17) is 4.42 Å². The molecule has 0 spiro atoms. The smallest absolute Gasteiger partial charge is 0.290 e. The molecule has 5 nitrogen and oxygen atoms in total. The molecule has 0 aliphatic carbocycles. The van der Waals surface area contributed by atoms with Gasteiger partial charge in [-0.15, -0.1) is 0 Å². The fourth-order valence-electron chi connectivity index (χ4n) is 3.32. The topological polar surface area (TPSA) is 70.8 Å². The van der Waals surface area contributed by atoms with Gasteiger partial charge >= 0.3 is 0 Å². The minimum absolute atomic E-state index is 0.0323.